The number of rotatable bonds is 70. The molecule has 0 bridgehead atoms. The predicted molar refractivity (Wildman–Crippen MR) is 349 cm³/mol. The molecule has 6 nitrogen and oxygen atoms in total. The van der Waals surface area contributed by atoms with E-state index in [0.717, 1.165) is 57.8 Å². The van der Waals surface area contributed by atoms with Crippen molar-refractivity contribution in [3.63, 3.8) is 0 Å². The highest BCUT2D eigenvalue weighted by Gasteiger charge is 2.20. The Balaban J connectivity index is 4.20. The highest BCUT2D eigenvalue weighted by molar-refractivity contribution is 5.71. The van der Waals surface area contributed by atoms with Gasteiger partial charge < -0.3 is 14.2 Å². The zero-order valence-corrected chi connectivity index (χ0v) is 54.9. The molecule has 80 heavy (non-hydrogen) atoms. The number of hydrogen-bond acceptors (Lipinski definition) is 6. The Morgan fingerprint density at radius 1 is 0.200 bits per heavy atom. The summed E-state index contributed by atoms with van der Waals surface area (Å²) in [5.74, 6) is -0.816. The van der Waals surface area contributed by atoms with E-state index in [0.29, 0.717) is 19.3 Å². The third-order valence-electron chi connectivity index (χ3n) is 17.4. The van der Waals surface area contributed by atoms with Gasteiger partial charge in [-0.15, -0.1) is 0 Å². The lowest BCUT2D eigenvalue weighted by Crippen LogP contribution is -2.30. The molecule has 0 aliphatic heterocycles. The van der Waals surface area contributed by atoms with Gasteiger partial charge in [0.05, 0.1) is 0 Å². The Labute approximate surface area is 501 Å². The number of carbonyl (C=O) groups excluding carboxylic acids is 3. The van der Waals surface area contributed by atoms with E-state index in [1.165, 1.54) is 340 Å². The second-order valence-electron chi connectivity index (χ2n) is 25.6. The van der Waals surface area contributed by atoms with Crippen LogP contribution in [0.5, 0.6) is 0 Å². The van der Waals surface area contributed by atoms with Crippen LogP contribution in [0.1, 0.15) is 438 Å². The molecule has 0 radical (unpaired) electrons. The summed E-state index contributed by atoms with van der Waals surface area (Å²) < 4.78 is 17.0. The van der Waals surface area contributed by atoms with Gasteiger partial charge in [-0.05, 0) is 19.3 Å². The topological polar surface area (TPSA) is 78.9 Å². The minimum absolute atomic E-state index is 0.0599. The van der Waals surface area contributed by atoms with E-state index in [1.54, 1.807) is 0 Å². The maximum Gasteiger partial charge on any atom is 0.306 e. The van der Waals surface area contributed by atoms with Crippen LogP contribution in [0.25, 0.3) is 0 Å². The van der Waals surface area contributed by atoms with E-state index < -0.39 is 6.10 Å². The fourth-order valence-electron chi connectivity index (χ4n) is 11.8. The molecule has 6 heteroatoms. The fraction of sp³-hybridized carbons (Fsp3) is 0.959. The smallest absolute Gasteiger partial charge is 0.306 e. The minimum Gasteiger partial charge on any atom is -0.462 e. The number of hydrogen-bond donors (Lipinski definition) is 0. The van der Waals surface area contributed by atoms with Gasteiger partial charge in [0, 0.05) is 19.3 Å². The Kier molecular flexibility index (Phi) is 68.5. The molecule has 1 atom stereocenters. The Bertz CT molecular complexity index is 1200. The van der Waals surface area contributed by atoms with Crippen molar-refractivity contribution in [2.75, 3.05) is 13.2 Å². The number of carbonyl (C=O) groups is 3. The summed E-state index contributed by atoms with van der Waals surface area (Å²) in [7, 11) is 0. The van der Waals surface area contributed by atoms with E-state index in [1.807, 2.05) is 0 Å². The normalized spacial score (nSPS) is 11.9. The van der Waals surface area contributed by atoms with Gasteiger partial charge in [0.15, 0.2) is 6.10 Å². The molecule has 0 amide bonds. The molecule has 0 saturated carbocycles. The molecular formula is C74H144O6. The molecule has 0 aromatic heterocycles. The van der Waals surface area contributed by atoms with Crippen LogP contribution >= 0.6 is 0 Å². The fourth-order valence-corrected chi connectivity index (χ4v) is 11.8. The van der Waals surface area contributed by atoms with E-state index in [-0.39, 0.29) is 31.1 Å². The molecule has 1 unspecified atom stereocenters. The zero-order chi connectivity index (χ0) is 57.8. The Hall–Kier alpha value is -1.59. The molecular weight excluding hydrogens is 985 g/mol. The molecule has 0 aliphatic carbocycles. The van der Waals surface area contributed by atoms with Crippen molar-refractivity contribution in [1.29, 1.82) is 0 Å². The van der Waals surface area contributed by atoms with Gasteiger partial charge in [0.1, 0.15) is 13.2 Å². The van der Waals surface area contributed by atoms with Crippen molar-refractivity contribution in [2.24, 2.45) is 0 Å². The van der Waals surface area contributed by atoms with Crippen molar-refractivity contribution in [3.05, 3.63) is 0 Å². The van der Waals surface area contributed by atoms with Crippen molar-refractivity contribution >= 4 is 17.9 Å². The Morgan fingerprint density at radius 2 is 0.338 bits per heavy atom. The summed E-state index contributed by atoms with van der Waals surface area (Å²) in [5.41, 5.74) is 0. The van der Waals surface area contributed by atoms with Gasteiger partial charge >= 0.3 is 17.9 Å². The first-order valence-electron chi connectivity index (χ1n) is 37.0. The molecule has 0 fully saturated rings. The van der Waals surface area contributed by atoms with Gasteiger partial charge in [-0.25, -0.2) is 0 Å². The van der Waals surface area contributed by atoms with Crippen LogP contribution < -0.4 is 0 Å². The number of esters is 3. The monoisotopic (exact) mass is 1130 g/mol. The van der Waals surface area contributed by atoms with Crippen LogP contribution in [-0.2, 0) is 28.6 Å². The van der Waals surface area contributed by atoms with Crippen LogP contribution in [0.2, 0.25) is 0 Å². The third-order valence-corrected chi connectivity index (χ3v) is 17.4. The first-order chi connectivity index (χ1) is 39.5. The van der Waals surface area contributed by atoms with Crippen molar-refractivity contribution in [2.45, 2.75) is 444 Å². The van der Waals surface area contributed by atoms with E-state index in [9.17, 15) is 14.4 Å². The predicted octanol–water partition coefficient (Wildman–Crippen LogP) is 25.4. The molecule has 0 aromatic rings. The van der Waals surface area contributed by atoms with Crippen molar-refractivity contribution in [3.8, 4) is 0 Å². The SMILES string of the molecule is CCCCCCCCCCCCCCCCCCCCCCCCCCCCCC(=O)OCC(COC(=O)CCCCCCCCCCCCCCCCCCC)OC(=O)CCCCCCCCCCCCCCCCCCCC. The maximum absolute atomic E-state index is 13.0. The summed E-state index contributed by atoms with van der Waals surface area (Å²) in [5, 5.41) is 0. The lowest BCUT2D eigenvalue weighted by Gasteiger charge is -2.18. The van der Waals surface area contributed by atoms with E-state index in [4.69, 9.17) is 14.2 Å². The van der Waals surface area contributed by atoms with E-state index >= 15 is 0 Å². The largest absolute Gasteiger partial charge is 0.462 e. The summed E-state index contributed by atoms with van der Waals surface area (Å²) in [6.45, 7) is 6.75. The van der Waals surface area contributed by atoms with Crippen LogP contribution in [-0.4, -0.2) is 37.2 Å². The zero-order valence-electron chi connectivity index (χ0n) is 54.9. The average Bonchev–Trinajstić information content (AvgIpc) is 3.46. The summed E-state index contributed by atoms with van der Waals surface area (Å²) in [4.78, 5) is 38.5. The van der Waals surface area contributed by atoms with Gasteiger partial charge in [-0.3, -0.25) is 14.4 Å². The van der Waals surface area contributed by atoms with Crippen molar-refractivity contribution < 1.29 is 28.6 Å². The quantitative estimate of drug-likeness (QED) is 0.0343. The second kappa shape index (κ2) is 69.9. The summed E-state index contributed by atoms with van der Waals surface area (Å²) in [6, 6.07) is 0. The van der Waals surface area contributed by atoms with Crippen LogP contribution in [0, 0.1) is 0 Å². The average molecular weight is 1130 g/mol. The molecule has 0 aliphatic rings. The first kappa shape index (κ1) is 78.4. The first-order valence-corrected chi connectivity index (χ1v) is 37.0. The summed E-state index contributed by atoms with van der Waals surface area (Å²) >= 11 is 0. The molecule has 0 heterocycles. The number of ether oxygens (including phenoxy) is 3. The Morgan fingerprint density at radius 3 is 0.500 bits per heavy atom. The highest BCUT2D eigenvalue weighted by Crippen LogP contribution is 2.20. The highest BCUT2D eigenvalue weighted by atomic mass is 16.6. The van der Waals surface area contributed by atoms with Gasteiger partial charge in [-0.2, -0.15) is 0 Å². The van der Waals surface area contributed by atoms with E-state index in [2.05, 4.69) is 20.8 Å². The van der Waals surface area contributed by atoms with Gasteiger partial charge in [0.2, 0.25) is 0 Å². The minimum atomic E-state index is -0.764. The van der Waals surface area contributed by atoms with Crippen LogP contribution in [0.4, 0.5) is 0 Å². The molecule has 0 rings (SSSR count). The molecule has 0 N–H and O–H groups in total. The molecule has 0 spiro atoms. The standard InChI is InChI=1S/C74H144O6/c1-4-7-10-13-16-19-22-25-28-31-33-34-35-36-37-38-39-40-41-44-46-49-52-55-58-61-64-67-73(76)79-70-71(69-78-72(75)66-63-60-57-54-51-48-45-42-30-27-24-21-18-15-12-9-6-3)80-74(77)68-65-62-59-56-53-50-47-43-32-29-26-23-20-17-14-11-8-5-2/h71H,4-70H2,1-3H3. The third kappa shape index (κ3) is 67.2. The molecule has 476 valence electrons. The van der Waals surface area contributed by atoms with Crippen molar-refractivity contribution in [1.82, 2.24) is 0 Å². The summed E-state index contributed by atoms with van der Waals surface area (Å²) in [6.07, 6.45) is 82.9. The van der Waals surface area contributed by atoms with Crippen LogP contribution in [0.3, 0.4) is 0 Å². The molecule has 0 saturated heterocycles. The molecule has 0 aromatic carbocycles. The maximum atomic E-state index is 13.0. The van der Waals surface area contributed by atoms with Gasteiger partial charge in [0.25, 0.3) is 0 Å². The van der Waals surface area contributed by atoms with Crippen LogP contribution in [0.15, 0.2) is 0 Å². The number of unbranched alkanes of at least 4 members (excludes halogenated alkanes) is 59. The lowest BCUT2D eigenvalue weighted by molar-refractivity contribution is -0.167. The van der Waals surface area contributed by atoms with Gasteiger partial charge in [-0.1, -0.05) is 400 Å². The lowest BCUT2D eigenvalue weighted by atomic mass is 10.0. The second-order valence-corrected chi connectivity index (χ2v) is 25.6.